The molecular formula is C15H16ClNO4. The predicted octanol–water partition coefficient (Wildman–Crippen LogP) is 3.38. The Balaban J connectivity index is 2.16. The van der Waals surface area contributed by atoms with Gasteiger partial charge in [0.1, 0.15) is 5.58 Å². The zero-order valence-corrected chi connectivity index (χ0v) is 12.5. The number of halogens is 1. The summed E-state index contributed by atoms with van der Waals surface area (Å²) in [7, 11) is 0. The van der Waals surface area contributed by atoms with Crippen molar-refractivity contribution in [1.29, 1.82) is 0 Å². The number of hydrogen-bond donors (Lipinski definition) is 2. The number of carboxylic acids is 1. The first-order valence-corrected chi connectivity index (χ1v) is 6.97. The average Bonchev–Trinajstić information content (AvgIpc) is 2.74. The van der Waals surface area contributed by atoms with Crippen LogP contribution in [-0.4, -0.2) is 23.0 Å². The summed E-state index contributed by atoms with van der Waals surface area (Å²) in [6.07, 6.45) is 0.377. The van der Waals surface area contributed by atoms with Crippen LogP contribution in [0.5, 0.6) is 0 Å². The molecule has 2 aromatic rings. The second kappa shape index (κ2) is 6.18. The molecule has 0 radical (unpaired) electrons. The van der Waals surface area contributed by atoms with Gasteiger partial charge in [0.15, 0.2) is 5.76 Å². The second-order valence-electron chi connectivity index (χ2n) is 5.00. The Morgan fingerprint density at radius 1 is 1.43 bits per heavy atom. The van der Waals surface area contributed by atoms with E-state index in [4.69, 9.17) is 21.1 Å². The smallest absolute Gasteiger partial charge is 0.303 e. The number of nitrogens with one attached hydrogen (secondary N) is 1. The van der Waals surface area contributed by atoms with Crippen LogP contribution >= 0.6 is 11.6 Å². The molecule has 1 atom stereocenters. The molecule has 1 unspecified atom stereocenters. The molecule has 0 fully saturated rings. The molecule has 1 aromatic heterocycles. The summed E-state index contributed by atoms with van der Waals surface area (Å²) in [5.41, 5.74) is 1.32. The molecule has 5 nitrogen and oxygen atoms in total. The number of hydrogen-bond acceptors (Lipinski definition) is 3. The Kier molecular flexibility index (Phi) is 4.53. The minimum Gasteiger partial charge on any atom is -0.481 e. The monoisotopic (exact) mass is 309 g/mol. The van der Waals surface area contributed by atoms with Crippen LogP contribution in [0.2, 0.25) is 5.02 Å². The SMILES string of the molecule is Cc1c(C(=O)NC(C)CCC(=O)O)oc2ccc(Cl)cc12. The number of carbonyl (C=O) groups excluding carboxylic acids is 1. The molecule has 112 valence electrons. The van der Waals surface area contributed by atoms with Gasteiger partial charge in [-0.25, -0.2) is 0 Å². The first kappa shape index (κ1) is 15.4. The van der Waals surface area contributed by atoms with E-state index in [2.05, 4.69) is 5.32 Å². The molecule has 21 heavy (non-hydrogen) atoms. The quantitative estimate of drug-likeness (QED) is 0.887. The van der Waals surface area contributed by atoms with Crippen LogP contribution in [0.15, 0.2) is 22.6 Å². The zero-order chi connectivity index (χ0) is 15.6. The third-order valence-corrected chi connectivity index (χ3v) is 3.51. The number of rotatable bonds is 5. The normalized spacial score (nSPS) is 12.3. The molecule has 0 saturated heterocycles. The Hall–Kier alpha value is -2.01. The maximum atomic E-state index is 12.2. The Labute approximate surface area is 126 Å². The second-order valence-corrected chi connectivity index (χ2v) is 5.44. The largest absolute Gasteiger partial charge is 0.481 e. The van der Waals surface area contributed by atoms with E-state index in [1.165, 1.54) is 0 Å². The predicted molar refractivity (Wildman–Crippen MR) is 79.8 cm³/mol. The third kappa shape index (κ3) is 3.55. The van der Waals surface area contributed by atoms with Crippen molar-refractivity contribution in [3.63, 3.8) is 0 Å². The van der Waals surface area contributed by atoms with E-state index >= 15 is 0 Å². The highest BCUT2D eigenvalue weighted by molar-refractivity contribution is 6.31. The summed E-state index contributed by atoms with van der Waals surface area (Å²) in [4.78, 5) is 22.7. The van der Waals surface area contributed by atoms with Crippen LogP contribution in [0.1, 0.15) is 35.9 Å². The summed E-state index contributed by atoms with van der Waals surface area (Å²) < 4.78 is 5.56. The molecule has 0 saturated carbocycles. The van der Waals surface area contributed by atoms with Crippen molar-refractivity contribution in [2.45, 2.75) is 32.7 Å². The first-order valence-electron chi connectivity index (χ1n) is 6.59. The molecule has 6 heteroatoms. The van der Waals surface area contributed by atoms with Gasteiger partial charge in [-0.05, 0) is 38.5 Å². The summed E-state index contributed by atoms with van der Waals surface area (Å²) >= 11 is 5.94. The lowest BCUT2D eigenvalue weighted by Crippen LogP contribution is -2.33. The van der Waals surface area contributed by atoms with E-state index in [-0.39, 0.29) is 24.1 Å². The summed E-state index contributed by atoms with van der Waals surface area (Å²) in [5.74, 6) is -1.00. The van der Waals surface area contributed by atoms with E-state index in [1.807, 2.05) is 0 Å². The Morgan fingerprint density at radius 3 is 2.81 bits per heavy atom. The first-order chi connectivity index (χ1) is 9.88. The molecule has 2 N–H and O–H groups in total. The molecule has 0 aliphatic rings. The molecule has 1 aromatic carbocycles. The fraction of sp³-hybridized carbons (Fsp3) is 0.333. The van der Waals surface area contributed by atoms with Crippen LogP contribution in [0.4, 0.5) is 0 Å². The van der Waals surface area contributed by atoms with Crippen molar-refractivity contribution in [2.75, 3.05) is 0 Å². The topological polar surface area (TPSA) is 79.5 Å². The number of amides is 1. The number of carbonyl (C=O) groups is 2. The van der Waals surface area contributed by atoms with Crippen molar-refractivity contribution < 1.29 is 19.1 Å². The van der Waals surface area contributed by atoms with Crippen molar-refractivity contribution in [1.82, 2.24) is 5.32 Å². The van der Waals surface area contributed by atoms with Crippen molar-refractivity contribution in [3.8, 4) is 0 Å². The van der Waals surface area contributed by atoms with Crippen molar-refractivity contribution in [3.05, 3.63) is 34.5 Å². The fourth-order valence-corrected chi connectivity index (χ4v) is 2.28. The Morgan fingerprint density at radius 2 is 2.14 bits per heavy atom. The highest BCUT2D eigenvalue weighted by Crippen LogP contribution is 2.27. The zero-order valence-electron chi connectivity index (χ0n) is 11.8. The van der Waals surface area contributed by atoms with Crippen molar-refractivity contribution in [2.24, 2.45) is 0 Å². The van der Waals surface area contributed by atoms with Gasteiger partial charge in [0.2, 0.25) is 0 Å². The molecular weight excluding hydrogens is 294 g/mol. The van der Waals surface area contributed by atoms with Gasteiger partial charge in [-0.2, -0.15) is 0 Å². The third-order valence-electron chi connectivity index (χ3n) is 3.27. The van der Waals surface area contributed by atoms with Gasteiger partial charge in [0, 0.05) is 28.4 Å². The molecule has 0 bridgehead atoms. The van der Waals surface area contributed by atoms with E-state index < -0.39 is 5.97 Å². The van der Waals surface area contributed by atoms with E-state index in [1.54, 1.807) is 32.0 Å². The lowest BCUT2D eigenvalue weighted by molar-refractivity contribution is -0.137. The van der Waals surface area contributed by atoms with Crippen molar-refractivity contribution >= 4 is 34.4 Å². The highest BCUT2D eigenvalue weighted by atomic mass is 35.5. The summed E-state index contributed by atoms with van der Waals surface area (Å²) in [6, 6.07) is 4.92. The fourth-order valence-electron chi connectivity index (χ4n) is 2.11. The van der Waals surface area contributed by atoms with Gasteiger partial charge in [-0.1, -0.05) is 11.6 Å². The van der Waals surface area contributed by atoms with Gasteiger partial charge in [-0.3, -0.25) is 9.59 Å². The van der Waals surface area contributed by atoms with E-state index in [0.29, 0.717) is 17.0 Å². The van der Waals surface area contributed by atoms with Crippen LogP contribution < -0.4 is 5.32 Å². The van der Waals surface area contributed by atoms with Gasteiger partial charge in [0.05, 0.1) is 0 Å². The van der Waals surface area contributed by atoms with E-state index in [9.17, 15) is 9.59 Å². The standard InChI is InChI=1S/C15H16ClNO4/c1-8(3-6-13(18)19)17-15(20)14-9(2)11-7-10(16)4-5-12(11)21-14/h4-5,7-8H,3,6H2,1-2H3,(H,17,20)(H,18,19). The van der Waals surface area contributed by atoms with Gasteiger partial charge in [-0.15, -0.1) is 0 Å². The average molecular weight is 310 g/mol. The maximum absolute atomic E-state index is 12.2. The number of aliphatic carboxylic acids is 1. The molecule has 1 heterocycles. The van der Waals surface area contributed by atoms with Gasteiger partial charge < -0.3 is 14.8 Å². The number of fused-ring (bicyclic) bond motifs is 1. The maximum Gasteiger partial charge on any atom is 0.303 e. The Bertz CT molecular complexity index is 692. The minimum atomic E-state index is -0.884. The number of benzene rings is 1. The minimum absolute atomic E-state index is 0.0101. The highest BCUT2D eigenvalue weighted by Gasteiger charge is 2.19. The molecule has 1 amide bonds. The van der Waals surface area contributed by atoms with Gasteiger partial charge in [0.25, 0.3) is 5.91 Å². The van der Waals surface area contributed by atoms with Gasteiger partial charge >= 0.3 is 5.97 Å². The molecule has 0 spiro atoms. The van der Waals surface area contributed by atoms with Crippen LogP contribution in [0.3, 0.4) is 0 Å². The summed E-state index contributed by atoms with van der Waals surface area (Å²) in [5, 5.41) is 12.7. The lowest BCUT2D eigenvalue weighted by atomic mass is 10.1. The molecule has 0 aliphatic carbocycles. The van der Waals surface area contributed by atoms with E-state index in [0.717, 1.165) is 10.9 Å². The van der Waals surface area contributed by atoms with Crippen LogP contribution in [0.25, 0.3) is 11.0 Å². The number of carboxylic acid groups (broad SMARTS) is 1. The molecule has 2 rings (SSSR count). The molecule has 0 aliphatic heterocycles. The van der Waals surface area contributed by atoms with Crippen LogP contribution in [0, 0.1) is 6.92 Å². The number of aryl methyl sites for hydroxylation is 1. The van der Waals surface area contributed by atoms with Crippen LogP contribution in [-0.2, 0) is 4.79 Å². The summed E-state index contributed by atoms with van der Waals surface area (Å²) in [6.45, 7) is 3.55. The lowest BCUT2D eigenvalue weighted by Gasteiger charge is -2.11. The number of furan rings is 1.